The molecule has 1 rings (SSSR count). The van der Waals surface area contributed by atoms with Crippen molar-refractivity contribution in [2.45, 2.75) is 6.54 Å². The van der Waals surface area contributed by atoms with Crippen LogP contribution >= 0.6 is 11.6 Å². The van der Waals surface area contributed by atoms with E-state index < -0.39 is 11.2 Å². The second-order valence-electron chi connectivity index (χ2n) is 3.16. The van der Waals surface area contributed by atoms with E-state index in [9.17, 15) is 9.59 Å². The molecular formula is C8H12ClN3O3. The molecule has 6 nitrogen and oxygen atoms in total. The summed E-state index contributed by atoms with van der Waals surface area (Å²) in [4.78, 5) is 28.3. The largest absolute Gasteiger partial charge is 0.395 e. The lowest BCUT2D eigenvalue weighted by Gasteiger charge is -2.14. The minimum Gasteiger partial charge on any atom is -0.395 e. The first kappa shape index (κ1) is 12.0. The van der Waals surface area contributed by atoms with Gasteiger partial charge >= 0.3 is 5.69 Å². The van der Waals surface area contributed by atoms with Crippen molar-refractivity contribution in [1.29, 1.82) is 0 Å². The van der Waals surface area contributed by atoms with Crippen LogP contribution in [0.2, 0.25) is 5.02 Å². The second kappa shape index (κ2) is 5.11. The predicted molar refractivity (Wildman–Crippen MR) is 56.1 cm³/mol. The Hall–Kier alpha value is -1.11. The normalized spacial score (nSPS) is 10.9. The van der Waals surface area contributed by atoms with E-state index in [1.807, 2.05) is 4.98 Å². The van der Waals surface area contributed by atoms with E-state index in [2.05, 4.69) is 4.98 Å². The van der Waals surface area contributed by atoms with Crippen molar-refractivity contribution in [2.24, 2.45) is 0 Å². The third kappa shape index (κ3) is 3.19. The fraction of sp³-hybridized carbons (Fsp3) is 0.500. The smallest absolute Gasteiger partial charge is 0.326 e. The number of hydrogen-bond donors (Lipinski definition) is 3. The van der Waals surface area contributed by atoms with Crippen molar-refractivity contribution in [3.63, 3.8) is 0 Å². The molecule has 0 atom stereocenters. The molecule has 0 aliphatic rings. The maximum Gasteiger partial charge on any atom is 0.326 e. The zero-order valence-electron chi connectivity index (χ0n) is 8.21. The van der Waals surface area contributed by atoms with Gasteiger partial charge < -0.3 is 10.1 Å². The summed E-state index contributed by atoms with van der Waals surface area (Å²) in [6, 6.07) is 0. The first-order valence-electron chi connectivity index (χ1n) is 4.35. The summed E-state index contributed by atoms with van der Waals surface area (Å²) in [5, 5.41) is 8.65. The van der Waals surface area contributed by atoms with Crippen LogP contribution < -0.4 is 11.2 Å². The molecule has 3 N–H and O–H groups in total. The van der Waals surface area contributed by atoms with Crippen LogP contribution in [0, 0.1) is 0 Å². The van der Waals surface area contributed by atoms with Gasteiger partial charge in [0.25, 0.3) is 5.56 Å². The Morgan fingerprint density at radius 2 is 2.07 bits per heavy atom. The number of halogens is 1. The molecule has 0 aliphatic heterocycles. The molecule has 0 saturated carbocycles. The van der Waals surface area contributed by atoms with Crippen molar-refractivity contribution in [2.75, 3.05) is 20.2 Å². The van der Waals surface area contributed by atoms with Crippen molar-refractivity contribution < 1.29 is 5.11 Å². The minimum atomic E-state index is -0.604. The fourth-order valence-corrected chi connectivity index (χ4v) is 1.30. The number of aliphatic hydroxyl groups is 1. The second-order valence-corrected chi connectivity index (χ2v) is 3.54. The van der Waals surface area contributed by atoms with Gasteiger partial charge in [0.2, 0.25) is 0 Å². The van der Waals surface area contributed by atoms with Gasteiger partial charge in [-0.15, -0.1) is 0 Å². The number of H-pyrrole nitrogens is 2. The van der Waals surface area contributed by atoms with Gasteiger partial charge in [-0.25, -0.2) is 4.79 Å². The Morgan fingerprint density at radius 1 is 1.40 bits per heavy atom. The van der Waals surface area contributed by atoms with Gasteiger partial charge in [0.05, 0.1) is 12.3 Å². The van der Waals surface area contributed by atoms with Gasteiger partial charge in [-0.05, 0) is 7.05 Å². The van der Waals surface area contributed by atoms with Crippen LogP contribution in [-0.2, 0) is 6.54 Å². The summed E-state index contributed by atoms with van der Waals surface area (Å²) in [6.07, 6.45) is 0. The molecule has 15 heavy (non-hydrogen) atoms. The van der Waals surface area contributed by atoms with Crippen LogP contribution in [0.15, 0.2) is 9.59 Å². The maximum atomic E-state index is 11.1. The number of nitrogens with one attached hydrogen (secondary N) is 2. The zero-order valence-corrected chi connectivity index (χ0v) is 8.97. The van der Waals surface area contributed by atoms with Crippen LogP contribution in [0.4, 0.5) is 0 Å². The Bertz CT molecular complexity index is 439. The molecule has 0 fully saturated rings. The molecular weight excluding hydrogens is 222 g/mol. The molecule has 0 spiro atoms. The van der Waals surface area contributed by atoms with Crippen LogP contribution in [-0.4, -0.2) is 40.2 Å². The van der Waals surface area contributed by atoms with Gasteiger partial charge in [-0.2, -0.15) is 0 Å². The van der Waals surface area contributed by atoms with E-state index >= 15 is 0 Å². The fourth-order valence-electron chi connectivity index (χ4n) is 1.15. The SMILES string of the molecule is CN(CCO)Cc1[nH]c(=O)[nH]c(=O)c1Cl. The monoisotopic (exact) mass is 233 g/mol. The Morgan fingerprint density at radius 3 is 2.67 bits per heavy atom. The third-order valence-electron chi connectivity index (χ3n) is 1.87. The average Bonchev–Trinajstić information content (AvgIpc) is 2.13. The summed E-state index contributed by atoms with van der Waals surface area (Å²) < 4.78 is 0. The van der Waals surface area contributed by atoms with E-state index in [0.717, 1.165) is 0 Å². The number of aromatic nitrogens is 2. The Kier molecular flexibility index (Phi) is 4.07. The highest BCUT2D eigenvalue weighted by Crippen LogP contribution is 2.06. The molecule has 1 aromatic rings. The van der Waals surface area contributed by atoms with Crippen molar-refractivity contribution >= 4 is 11.6 Å². The molecule has 0 aliphatic carbocycles. The van der Waals surface area contributed by atoms with Crippen molar-refractivity contribution in [1.82, 2.24) is 14.9 Å². The van der Waals surface area contributed by atoms with Gasteiger partial charge in [0, 0.05) is 13.1 Å². The number of rotatable bonds is 4. The number of likely N-dealkylation sites (N-methyl/N-ethyl adjacent to an activating group) is 1. The van der Waals surface area contributed by atoms with E-state index in [-0.39, 0.29) is 11.6 Å². The summed E-state index contributed by atoms with van der Waals surface area (Å²) in [5.41, 5.74) is -0.842. The molecule has 0 bridgehead atoms. The summed E-state index contributed by atoms with van der Waals surface area (Å²) in [7, 11) is 1.74. The lowest BCUT2D eigenvalue weighted by Crippen LogP contribution is -2.29. The third-order valence-corrected chi connectivity index (χ3v) is 2.27. The zero-order chi connectivity index (χ0) is 11.4. The standard InChI is InChI=1S/C8H12ClN3O3/c1-12(2-3-13)4-5-6(9)7(14)11-8(15)10-5/h13H,2-4H2,1H3,(H2,10,11,14,15). The quantitative estimate of drug-likeness (QED) is 0.632. The van der Waals surface area contributed by atoms with Gasteiger partial charge in [-0.3, -0.25) is 14.7 Å². The molecule has 7 heteroatoms. The molecule has 0 unspecified atom stereocenters. The van der Waals surface area contributed by atoms with E-state index in [4.69, 9.17) is 16.7 Å². The Labute approximate surface area is 90.5 Å². The molecule has 84 valence electrons. The summed E-state index contributed by atoms with van der Waals surface area (Å²) >= 11 is 5.71. The number of aliphatic hydroxyl groups excluding tert-OH is 1. The predicted octanol–water partition coefficient (Wildman–Crippen LogP) is -0.859. The van der Waals surface area contributed by atoms with Crippen LogP contribution in [0.3, 0.4) is 0 Å². The lowest BCUT2D eigenvalue weighted by molar-refractivity contribution is 0.216. The molecule has 0 amide bonds. The van der Waals surface area contributed by atoms with E-state index in [1.165, 1.54) is 0 Å². The highest BCUT2D eigenvalue weighted by Gasteiger charge is 2.08. The molecule has 1 aromatic heterocycles. The molecule has 1 heterocycles. The van der Waals surface area contributed by atoms with Crippen molar-refractivity contribution in [3.05, 3.63) is 31.6 Å². The average molecular weight is 234 g/mol. The topological polar surface area (TPSA) is 89.2 Å². The Balaban J connectivity index is 2.95. The van der Waals surface area contributed by atoms with E-state index in [0.29, 0.717) is 18.8 Å². The van der Waals surface area contributed by atoms with Crippen LogP contribution in [0.1, 0.15) is 5.69 Å². The van der Waals surface area contributed by atoms with E-state index in [1.54, 1.807) is 11.9 Å². The van der Waals surface area contributed by atoms with Crippen LogP contribution in [0.25, 0.3) is 0 Å². The maximum absolute atomic E-state index is 11.1. The molecule has 0 radical (unpaired) electrons. The number of nitrogens with zero attached hydrogens (tertiary/aromatic N) is 1. The van der Waals surface area contributed by atoms with Crippen molar-refractivity contribution in [3.8, 4) is 0 Å². The summed E-state index contributed by atoms with van der Waals surface area (Å²) in [5.74, 6) is 0. The minimum absolute atomic E-state index is 0.00153. The first-order valence-corrected chi connectivity index (χ1v) is 4.72. The highest BCUT2D eigenvalue weighted by molar-refractivity contribution is 6.30. The molecule has 0 saturated heterocycles. The van der Waals surface area contributed by atoms with Gasteiger partial charge in [0.1, 0.15) is 5.02 Å². The lowest BCUT2D eigenvalue weighted by atomic mass is 10.3. The first-order chi connectivity index (χ1) is 7.04. The van der Waals surface area contributed by atoms with Crippen LogP contribution in [0.5, 0.6) is 0 Å². The summed E-state index contributed by atoms with van der Waals surface area (Å²) in [6.45, 7) is 0.741. The number of aromatic amines is 2. The molecule has 0 aromatic carbocycles. The highest BCUT2D eigenvalue weighted by atomic mass is 35.5. The number of hydrogen-bond acceptors (Lipinski definition) is 4. The van der Waals surface area contributed by atoms with Gasteiger partial charge in [0.15, 0.2) is 0 Å². The van der Waals surface area contributed by atoms with Gasteiger partial charge in [-0.1, -0.05) is 11.6 Å².